The van der Waals surface area contributed by atoms with E-state index in [4.69, 9.17) is 31.0 Å². The Morgan fingerprint density at radius 3 is 2.64 bits per heavy atom. The molecule has 1 amide bonds. The number of carbonyl (C=O) groups is 1. The first kappa shape index (κ1) is 30.7. The van der Waals surface area contributed by atoms with Crippen LogP contribution in [-0.2, 0) is 17.7 Å². The van der Waals surface area contributed by atoms with Gasteiger partial charge in [-0.25, -0.2) is 4.79 Å². The molecule has 1 aromatic heterocycles. The van der Waals surface area contributed by atoms with Crippen LogP contribution in [0.3, 0.4) is 0 Å². The van der Waals surface area contributed by atoms with Crippen molar-refractivity contribution in [1.82, 2.24) is 19.8 Å². The van der Waals surface area contributed by atoms with E-state index in [-0.39, 0.29) is 6.09 Å². The normalized spacial score (nSPS) is 20.7. The number of rotatable bonds is 7. The molecule has 10 heteroatoms. The van der Waals surface area contributed by atoms with E-state index in [0.29, 0.717) is 44.2 Å². The second-order valence-corrected chi connectivity index (χ2v) is 14.0. The van der Waals surface area contributed by atoms with Crippen LogP contribution < -0.4 is 14.5 Å². The molecule has 2 aromatic carbocycles. The van der Waals surface area contributed by atoms with Crippen LogP contribution in [0.4, 0.5) is 16.3 Å². The third kappa shape index (κ3) is 6.69. The van der Waals surface area contributed by atoms with Gasteiger partial charge in [-0.15, -0.1) is 0 Å². The van der Waals surface area contributed by atoms with Gasteiger partial charge in [0.2, 0.25) is 0 Å². The van der Waals surface area contributed by atoms with E-state index in [1.807, 2.05) is 37.8 Å². The van der Waals surface area contributed by atoms with E-state index in [2.05, 4.69) is 53.1 Å². The lowest BCUT2D eigenvalue weighted by atomic mass is 10.0. The zero-order chi connectivity index (χ0) is 31.0. The van der Waals surface area contributed by atoms with Crippen molar-refractivity contribution in [2.24, 2.45) is 5.92 Å². The van der Waals surface area contributed by atoms with Crippen LogP contribution in [0.1, 0.15) is 51.3 Å². The first-order valence-electron chi connectivity index (χ1n) is 15.9. The summed E-state index contributed by atoms with van der Waals surface area (Å²) in [6.07, 6.45) is 3.83. The molecular weight excluding hydrogens is 576 g/mol. The lowest BCUT2D eigenvalue weighted by molar-refractivity contribution is 0.0288. The lowest BCUT2D eigenvalue weighted by Gasteiger charge is -2.34. The van der Waals surface area contributed by atoms with Gasteiger partial charge in [0.1, 0.15) is 18.0 Å². The maximum absolute atomic E-state index is 12.7. The Bertz CT molecular complexity index is 1510. The highest BCUT2D eigenvalue weighted by molar-refractivity contribution is 6.36. The number of amides is 1. The number of hydrogen-bond donors (Lipinski definition) is 0. The molecule has 4 heterocycles. The highest BCUT2D eigenvalue weighted by atomic mass is 35.5. The van der Waals surface area contributed by atoms with Crippen LogP contribution in [0.5, 0.6) is 6.01 Å². The first-order valence-corrected chi connectivity index (χ1v) is 16.3. The van der Waals surface area contributed by atoms with Gasteiger partial charge in [0.05, 0.1) is 17.3 Å². The number of fused-ring (bicyclic) bond motifs is 2. The summed E-state index contributed by atoms with van der Waals surface area (Å²) in [5, 5.41) is 2.96. The van der Waals surface area contributed by atoms with Gasteiger partial charge in [0, 0.05) is 55.9 Å². The summed E-state index contributed by atoms with van der Waals surface area (Å²) in [6, 6.07) is 13.2. The standard InChI is InChI=1S/C34H45ClN6O3/c1-34(2,3)44-33(42)41-17-14-23(20-41)19-39(5)31-26-15-18-40(29-13-7-10-24-9-6-12-27(35)30(24)29)21-28(26)36-32(37-31)43-22-25-11-8-16-38(25)4/h6-7,9-10,12-13,23,25H,8,11,14-22H2,1-5H3. The molecule has 44 heavy (non-hydrogen) atoms. The summed E-state index contributed by atoms with van der Waals surface area (Å²) in [7, 11) is 4.26. The molecule has 9 nitrogen and oxygen atoms in total. The van der Waals surface area contributed by atoms with Gasteiger partial charge >= 0.3 is 12.1 Å². The number of anilines is 2. The van der Waals surface area contributed by atoms with Crippen molar-refractivity contribution in [3.8, 4) is 6.01 Å². The molecule has 0 bridgehead atoms. The summed E-state index contributed by atoms with van der Waals surface area (Å²) < 4.78 is 11.9. The van der Waals surface area contributed by atoms with Crippen LogP contribution in [-0.4, -0.2) is 90.9 Å². The number of hydrogen-bond acceptors (Lipinski definition) is 8. The number of ether oxygens (including phenoxy) is 2. The first-order chi connectivity index (χ1) is 21.1. The minimum atomic E-state index is -0.499. The molecule has 0 saturated carbocycles. The number of likely N-dealkylation sites (tertiary alicyclic amines) is 2. The Kier molecular flexibility index (Phi) is 8.79. The topological polar surface area (TPSA) is 74.3 Å². The minimum absolute atomic E-state index is 0.233. The van der Waals surface area contributed by atoms with Crippen LogP contribution in [0.2, 0.25) is 5.02 Å². The van der Waals surface area contributed by atoms with Crippen molar-refractivity contribution in [3.05, 3.63) is 52.7 Å². The molecule has 3 aliphatic heterocycles. The molecule has 0 aliphatic carbocycles. The zero-order valence-electron chi connectivity index (χ0n) is 26.7. The molecule has 3 aliphatic rings. The van der Waals surface area contributed by atoms with E-state index in [9.17, 15) is 4.79 Å². The van der Waals surface area contributed by atoms with Crippen molar-refractivity contribution in [2.45, 2.75) is 64.6 Å². The van der Waals surface area contributed by atoms with Crippen molar-refractivity contribution >= 4 is 40.0 Å². The molecule has 2 saturated heterocycles. The van der Waals surface area contributed by atoms with Crippen molar-refractivity contribution in [2.75, 3.05) is 63.2 Å². The second-order valence-electron chi connectivity index (χ2n) is 13.6. The van der Waals surface area contributed by atoms with E-state index < -0.39 is 5.60 Å². The number of likely N-dealkylation sites (N-methyl/N-ethyl adjacent to an activating group) is 1. The highest BCUT2D eigenvalue weighted by Crippen LogP contribution is 2.37. The minimum Gasteiger partial charge on any atom is -0.462 e. The van der Waals surface area contributed by atoms with Crippen LogP contribution in [0.25, 0.3) is 10.8 Å². The van der Waals surface area contributed by atoms with Gasteiger partial charge in [-0.05, 0) is 83.5 Å². The molecule has 0 spiro atoms. The lowest BCUT2D eigenvalue weighted by Crippen LogP contribution is -2.37. The Hall–Kier alpha value is -3.30. The van der Waals surface area contributed by atoms with Crippen molar-refractivity contribution in [1.29, 1.82) is 0 Å². The summed E-state index contributed by atoms with van der Waals surface area (Å²) in [5.41, 5.74) is 2.78. The van der Waals surface area contributed by atoms with Gasteiger partial charge in [-0.2, -0.15) is 9.97 Å². The smallest absolute Gasteiger partial charge is 0.410 e. The Labute approximate surface area is 266 Å². The van der Waals surface area contributed by atoms with E-state index in [1.54, 1.807) is 0 Å². The number of carbonyl (C=O) groups excluding carboxylic acids is 1. The van der Waals surface area contributed by atoms with Crippen molar-refractivity contribution < 1.29 is 14.3 Å². The fourth-order valence-corrected chi connectivity index (χ4v) is 7.10. The predicted molar refractivity (Wildman–Crippen MR) is 176 cm³/mol. The van der Waals surface area contributed by atoms with Gasteiger partial charge in [0.25, 0.3) is 0 Å². The second kappa shape index (κ2) is 12.6. The maximum atomic E-state index is 12.7. The fourth-order valence-electron chi connectivity index (χ4n) is 6.82. The van der Waals surface area contributed by atoms with Crippen LogP contribution >= 0.6 is 11.6 Å². The van der Waals surface area contributed by atoms with Gasteiger partial charge in [0.15, 0.2) is 0 Å². The average molecular weight is 621 g/mol. The molecule has 0 N–H and O–H groups in total. The number of nitrogens with zero attached hydrogens (tertiary/aromatic N) is 6. The Balaban J connectivity index is 1.24. The van der Waals surface area contributed by atoms with Crippen molar-refractivity contribution in [3.63, 3.8) is 0 Å². The monoisotopic (exact) mass is 620 g/mol. The molecule has 2 fully saturated rings. The van der Waals surface area contributed by atoms with E-state index >= 15 is 0 Å². The van der Waals surface area contributed by atoms with Gasteiger partial charge in [-0.3, -0.25) is 0 Å². The number of aromatic nitrogens is 2. The summed E-state index contributed by atoms with van der Waals surface area (Å²) in [4.78, 5) is 31.5. The number of benzene rings is 2. The molecule has 6 rings (SSSR count). The molecule has 2 atom stereocenters. The molecule has 3 aromatic rings. The maximum Gasteiger partial charge on any atom is 0.410 e. The SMILES string of the molecule is CN(CC1CCN(C(=O)OC(C)(C)C)C1)c1nc(OCC2CCCN2C)nc2c1CCN(c1cccc3cccc(Cl)c13)C2. The van der Waals surface area contributed by atoms with Crippen LogP contribution in [0.15, 0.2) is 36.4 Å². The summed E-state index contributed by atoms with van der Waals surface area (Å²) in [5.74, 6) is 1.25. The van der Waals surface area contributed by atoms with E-state index in [1.165, 1.54) is 12.0 Å². The third-order valence-electron chi connectivity index (χ3n) is 9.10. The molecular formula is C34H45ClN6O3. The summed E-state index contributed by atoms with van der Waals surface area (Å²) in [6.45, 7) is 11.1. The molecule has 0 radical (unpaired) electrons. The van der Waals surface area contributed by atoms with Gasteiger partial charge < -0.3 is 29.1 Å². The van der Waals surface area contributed by atoms with Gasteiger partial charge in [-0.1, -0.05) is 35.9 Å². The zero-order valence-corrected chi connectivity index (χ0v) is 27.4. The third-order valence-corrected chi connectivity index (χ3v) is 9.42. The molecule has 2 unspecified atom stereocenters. The predicted octanol–water partition coefficient (Wildman–Crippen LogP) is 6.01. The fraction of sp³-hybridized carbons (Fsp3) is 0.559. The van der Waals surface area contributed by atoms with Crippen LogP contribution in [0, 0.1) is 5.92 Å². The average Bonchev–Trinajstić information content (AvgIpc) is 3.63. The summed E-state index contributed by atoms with van der Waals surface area (Å²) >= 11 is 6.72. The Morgan fingerprint density at radius 1 is 1.09 bits per heavy atom. The van der Waals surface area contributed by atoms with E-state index in [0.717, 1.165) is 71.9 Å². The highest BCUT2D eigenvalue weighted by Gasteiger charge is 2.32. The largest absolute Gasteiger partial charge is 0.462 e. The molecule has 236 valence electrons. The quantitative estimate of drug-likeness (QED) is 0.318. The Morgan fingerprint density at radius 2 is 1.89 bits per heavy atom. The number of halogens is 1.